The number of carbonyl (C=O) groups is 1. The van der Waals surface area contributed by atoms with E-state index in [-0.39, 0.29) is 24.2 Å². The minimum atomic E-state index is -0.173. The van der Waals surface area contributed by atoms with Crippen molar-refractivity contribution in [2.45, 2.75) is 51.7 Å². The van der Waals surface area contributed by atoms with E-state index in [2.05, 4.69) is 10.3 Å². The Hall–Kier alpha value is -2.89. The minimum Gasteiger partial charge on any atom is -0.350 e. The van der Waals surface area contributed by atoms with Crippen LogP contribution in [0, 0.1) is 6.92 Å². The highest BCUT2D eigenvalue weighted by molar-refractivity contribution is 5.79. The molecule has 2 aromatic heterocycles. The maximum atomic E-state index is 13.0. The first-order valence-corrected chi connectivity index (χ1v) is 9.51. The Labute approximate surface area is 157 Å². The van der Waals surface area contributed by atoms with Gasteiger partial charge in [0.1, 0.15) is 6.54 Å². The van der Waals surface area contributed by atoms with Crippen LogP contribution in [0.4, 0.5) is 0 Å². The van der Waals surface area contributed by atoms with E-state index in [1.165, 1.54) is 0 Å². The molecule has 0 radical (unpaired) electrons. The highest BCUT2D eigenvalue weighted by Crippen LogP contribution is 2.30. The van der Waals surface area contributed by atoms with Gasteiger partial charge in [-0.3, -0.25) is 13.9 Å². The summed E-state index contributed by atoms with van der Waals surface area (Å²) in [6.07, 6.45) is 5.96. The standard InChI is InChI=1S/C21H24N4O2/c1-15-6-4-7-16(12-15)13-23-19(26)14-24-18-10-5-11-22-20(18)25(21(24)27)17-8-2-3-9-17/h4-7,10-12,17H,2-3,8-9,13-14H2,1H3,(H,23,26). The van der Waals surface area contributed by atoms with Crippen molar-refractivity contribution in [3.05, 3.63) is 64.2 Å². The van der Waals surface area contributed by atoms with Gasteiger partial charge in [0.05, 0.1) is 5.52 Å². The van der Waals surface area contributed by atoms with Crippen LogP contribution in [0.25, 0.3) is 11.2 Å². The number of fused-ring (bicyclic) bond motifs is 1. The average Bonchev–Trinajstić information content (AvgIpc) is 3.27. The number of hydrogen-bond donors (Lipinski definition) is 1. The molecular weight excluding hydrogens is 340 g/mol. The van der Waals surface area contributed by atoms with Crippen LogP contribution in [0.2, 0.25) is 0 Å². The maximum absolute atomic E-state index is 13.0. The average molecular weight is 364 g/mol. The van der Waals surface area contributed by atoms with Crippen molar-refractivity contribution in [2.75, 3.05) is 0 Å². The summed E-state index contributed by atoms with van der Waals surface area (Å²) < 4.78 is 3.34. The normalized spacial score (nSPS) is 14.7. The Morgan fingerprint density at radius 3 is 2.81 bits per heavy atom. The molecule has 1 saturated carbocycles. The summed E-state index contributed by atoms with van der Waals surface area (Å²) in [5.74, 6) is -0.173. The van der Waals surface area contributed by atoms with Crippen molar-refractivity contribution < 1.29 is 4.79 Å². The molecule has 1 fully saturated rings. The number of aryl methyl sites for hydroxylation is 1. The van der Waals surface area contributed by atoms with E-state index in [0.717, 1.165) is 42.3 Å². The molecule has 0 bridgehead atoms. The van der Waals surface area contributed by atoms with E-state index in [4.69, 9.17) is 0 Å². The van der Waals surface area contributed by atoms with Crippen molar-refractivity contribution >= 4 is 17.1 Å². The van der Waals surface area contributed by atoms with E-state index < -0.39 is 0 Å². The van der Waals surface area contributed by atoms with Crippen LogP contribution in [0.3, 0.4) is 0 Å². The van der Waals surface area contributed by atoms with Gasteiger partial charge in [0.2, 0.25) is 5.91 Å². The molecule has 0 spiro atoms. The minimum absolute atomic E-state index is 0.00651. The number of carbonyl (C=O) groups excluding carboxylic acids is 1. The fraction of sp³-hybridized carbons (Fsp3) is 0.381. The third-order valence-corrected chi connectivity index (χ3v) is 5.29. The van der Waals surface area contributed by atoms with E-state index in [0.29, 0.717) is 12.2 Å². The van der Waals surface area contributed by atoms with E-state index in [1.54, 1.807) is 15.3 Å². The van der Waals surface area contributed by atoms with Gasteiger partial charge in [-0.05, 0) is 37.5 Å². The van der Waals surface area contributed by atoms with Crippen LogP contribution in [-0.2, 0) is 17.9 Å². The number of aromatic nitrogens is 3. The molecule has 0 aliphatic heterocycles. The van der Waals surface area contributed by atoms with Crippen molar-refractivity contribution in [2.24, 2.45) is 0 Å². The number of amides is 1. The zero-order chi connectivity index (χ0) is 18.8. The molecule has 4 rings (SSSR count). The Morgan fingerprint density at radius 2 is 2.04 bits per heavy atom. The number of rotatable bonds is 5. The van der Waals surface area contributed by atoms with Gasteiger partial charge in [0.25, 0.3) is 0 Å². The fourth-order valence-corrected chi connectivity index (χ4v) is 3.98. The third-order valence-electron chi connectivity index (χ3n) is 5.29. The van der Waals surface area contributed by atoms with Crippen molar-refractivity contribution in [1.82, 2.24) is 19.4 Å². The Balaban J connectivity index is 1.57. The molecule has 1 aromatic carbocycles. The van der Waals surface area contributed by atoms with Crippen molar-refractivity contribution in [1.29, 1.82) is 0 Å². The summed E-state index contributed by atoms with van der Waals surface area (Å²) in [4.78, 5) is 30.0. The summed E-state index contributed by atoms with van der Waals surface area (Å²) in [5.41, 5.74) is 3.47. The lowest BCUT2D eigenvalue weighted by molar-refractivity contribution is -0.121. The van der Waals surface area contributed by atoms with Crippen LogP contribution < -0.4 is 11.0 Å². The first kappa shape index (κ1) is 17.5. The van der Waals surface area contributed by atoms with Gasteiger partial charge in [0.15, 0.2) is 5.65 Å². The van der Waals surface area contributed by atoms with E-state index >= 15 is 0 Å². The number of benzene rings is 1. The smallest absolute Gasteiger partial charge is 0.331 e. The number of pyridine rings is 1. The lowest BCUT2D eigenvalue weighted by Crippen LogP contribution is -2.33. The molecule has 0 unspecified atom stereocenters. The predicted molar refractivity (Wildman–Crippen MR) is 105 cm³/mol. The maximum Gasteiger partial charge on any atom is 0.331 e. The SMILES string of the molecule is Cc1cccc(CNC(=O)Cn2c(=O)n(C3CCCC3)c3ncccc32)c1. The van der Waals surface area contributed by atoms with Gasteiger partial charge in [-0.15, -0.1) is 0 Å². The highest BCUT2D eigenvalue weighted by Gasteiger charge is 2.24. The molecule has 1 amide bonds. The monoisotopic (exact) mass is 364 g/mol. The summed E-state index contributed by atoms with van der Waals surface area (Å²) >= 11 is 0. The van der Waals surface area contributed by atoms with Crippen LogP contribution >= 0.6 is 0 Å². The van der Waals surface area contributed by atoms with Gasteiger partial charge in [-0.1, -0.05) is 42.7 Å². The highest BCUT2D eigenvalue weighted by atomic mass is 16.2. The second-order valence-corrected chi connectivity index (χ2v) is 7.29. The van der Waals surface area contributed by atoms with Gasteiger partial charge in [-0.25, -0.2) is 9.78 Å². The summed E-state index contributed by atoms with van der Waals surface area (Å²) in [7, 11) is 0. The van der Waals surface area contributed by atoms with Gasteiger partial charge in [-0.2, -0.15) is 0 Å². The molecule has 0 saturated heterocycles. The molecule has 3 aromatic rings. The fourth-order valence-electron chi connectivity index (χ4n) is 3.98. The first-order chi connectivity index (χ1) is 13.1. The molecule has 1 aliphatic carbocycles. The molecule has 1 N–H and O–H groups in total. The summed E-state index contributed by atoms with van der Waals surface area (Å²) in [6.45, 7) is 2.48. The zero-order valence-corrected chi connectivity index (χ0v) is 15.5. The Morgan fingerprint density at radius 1 is 1.22 bits per heavy atom. The molecule has 140 valence electrons. The molecule has 6 nitrogen and oxygen atoms in total. The first-order valence-electron chi connectivity index (χ1n) is 9.51. The van der Waals surface area contributed by atoms with Gasteiger partial charge < -0.3 is 5.32 Å². The number of nitrogens with zero attached hydrogens (tertiary/aromatic N) is 3. The van der Waals surface area contributed by atoms with Gasteiger partial charge in [0, 0.05) is 18.8 Å². The number of imidazole rings is 1. The third kappa shape index (κ3) is 3.52. The molecule has 0 atom stereocenters. The van der Waals surface area contributed by atoms with E-state index in [1.807, 2.05) is 43.3 Å². The molecule has 1 aliphatic rings. The van der Waals surface area contributed by atoms with E-state index in [9.17, 15) is 9.59 Å². The van der Waals surface area contributed by atoms with Crippen molar-refractivity contribution in [3.63, 3.8) is 0 Å². The molecule has 2 heterocycles. The predicted octanol–water partition coefficient (Wildman–Crippen LogP) is 2.94. The van der Waals surface area contributed by atoms with Crippen LogP contribution in [0.1, 0.15) is 42.9 Å². The zero-order valence-electron chi connectivity index (χ0n) is 15.5. The summed E-state index contributed by atoms with van der Waals surface area (Å²) in [5, 5.41) is 2.92. The second kappa shape index (κ2) is 7.39. The number of nitrogens with one attached hydrogen (secondary N) is 1. The lowest BCUT2D eigenvalue weighted by Gasteiger charge is -2.10. The molecule has 27 heavy (non-hydrogen) atoms. The Bertz CT molecular complexity index is 1030. The molecular formula is C21H24N4O2. The summed E-state index contributed by atoms with van der Waals surface area (Å²) in [6, 6.07) is 11.9. The topological polar surface area (TPSA) is 68.9 Å². The van der Waals surface area contributed by atoms with Crippen molar-refractivity contribution in [3.8, 4) is 0 Å². The van der Waals surface area contributed by atoms with Crippen LogP contribution in [0.15, 0.2) is 47.4 Å². The molecule has 6 heteroatoms. The second-order valence-electron chi connectivity index (χ2n) is 7.29. The quantitative estimate of drug-likeness (QED) is 0.757. The van der Waals surface area contributed by atoms with Crippen LogP contribution in [-0.4, -0.2) is 20.0 Å². The Kier molecular flexibility index (Phi) is 4.79. The largest absolute Gasteiger partial charge is 0.350 e. The van der Waals surface area contributed by atoms with Gasteiger partial charge >= 0.3 is 5.69 Å². The van der Waals surface area contributed by atoms with Crippen LogP contribution in [0.5, 0.6) is 0 Å². The number of hydrogen-bond acceptors (Lipinski definition) is 3. The lowest BCUT2D eigenvalue weighted by atomic mass is 10.1.